The third-order valence-electron chi connectivity index (χ3n) is 2.13. The minimum absolute atomic E-state index is 0.100. The fourth-order valence-electron chi connectivity index (χ4n) is 1.16. The molecule has 0 heterocycles. The molecule has 0 aliphatic carbocycles. The summed E-state index contributed by atoms with van der Waals surface area (Å²) in [5.41, 5.74) is 1.12. The molecule has 0 spiro atoms. The van der Waals surface area contributed by atoms with Crippen molar-refractivity contribution in [1.29, 1.82) is 0 Å². The first-order valence-electron chi connectivity index (χ1n) is 5.67. The summed E-state index contributed by atoms with van der Waals surface area (Å²) in [5.74, 6) is 0.811. The summed E-state index contributed by atoms with van der Waals surface area (Å²) in [5, 5.41) is 4.08. The van der Waals surface area contributed by atoms with E-state index in [1.165, 1.54) is 0 Å². The molecule has 0 saturated heterocycles. The summed E-state index contributed by atoms with van der Waals surface area (Å²) in [6.07, 6.45) is 0. The number of benzene rings is 1. The van der Waals surface area contributed by atoms with Crippen molar-refractivity contribution in [3.8, 4) is 5.75 Å². The zero-order chi connectivity index (χ0) is 12.9. The molecule has 0 aromatic heterocycles. The first-order chi connectivity index (χ1) is 7.87. The number of hydrogen-bond donors (Lipinski definition) is 1. The lowest BCUT2D eigenvalue weighted by molar-refractivity contribution is 0.341. The Morgan fingerprint density at radius 3 is 2.41 bits per heavy atom. The Hall–Kier alpha value is -0.990. The fourth-order valence-corrected chi connectivity index (χ4v) is 1.28. The van der Waals surface area contributed by atoms with Crippen LogP contribution in [0, 0.1) is 0 Å². The van der Waals surface area contributed by atoms with Gasteiger partial charge >= 0.3 is 0 Å². The van der Waals surface area contributed by atoms with Gasteiger partial charge in [0.15, 0.2) is 0 Å². The Balaban J connectivity index is 2.31. The minimum atomic E-state index is 0.100. The van der Waals surface area contributed by atoms with E-state index in [1.54, 1.807) is 0 Å². The number of rotatable bonds is 5. The quantitative estimate of drug-likeness (QED) is 0.809. The second kappa shape index (κ2) is 6.08. The fraction of sp³-hybridized carbons (Fsp3) is 0.429. The Morgan fingerprint density at radius 2 is 1.88 bits per heavy atom. The zero-order valence-electron chi connectivity index (χ0n) is 10.7. The van der Waals surface area contributed by atoms with E-state index in [2.05, 4.69) is 32.7 Å². The normalized spacial score (nSPS) is 11.3. The average Bonchev–Trinajstić information content (AvgIpc) is 2.25. The van der Waals surface area contributed by atoms with Crippen LogP contribution in [0.5, 0.6) is 5.75 Å². The van der Waals surface area contributed by atoms with Gasteiger partial charge in [-0.25, -0.2) is 0 Å². The molecule has 0 aliphatic heterocycles. The first-order valence-corrected chi connectivity index (χ1v) is 6.05. The predicted octanol–water partition coefficient (Wildman–Crippen LogP) is 3.66. The minimum Gasteiger partial charge on any atom is -0.489 e. The maximum absolute atomic E-state index is 5.79. The molecular formula is C14H20ClNO. The highest BCUT2D eigenvalue weighted by molar-refractivity contribution is 6.30. The molecule has 2 nitrogen and oxygen atoms in total. The van der Waals surface area contributed by atoms with Crippen LogP contribution in [0.4, 0.5) is 0 Å². The lowest BCUT2D eigenvalue weighted by atomic mass is 10.1. The van der Waals surface area contributed by atoms with E-state index in [0.717, 1.165) is 17.9 Å². The van der Waals surface area contributed by atoms with Gasteiger partial charge in [0.1, 0.15) is 12.4 Å². The molecule has 0 saturated carbocycles. The Kier molecular flexibility index (Phi) is 5.03. The summed E-state index contributed by atoms with van der Waals surface area (Å²) in [7, 11) is 0. The van der Waals surface area contributed by atoms with Crippen LogP contribution >= 0.6 is 11.6 Å². The number of hydrogen-bond acceptors (Lipinski definition) is 2. The molecule has 0 bridgehead atoms. The number of ether oxygens (including phenoxy) is 1. The van der Waals surface area contributed by atoms with Gasteiger partial charge in [-0.3, -0.25) is 0 Å². The van der Waals surface area contributed by atoms with Crippen molar-refractivity contribution in [2.75, 3.05) is 13.2 Å². The molecule has 0 unspecified atom stereocenters. The molecule has 0 fully saturated rings. The Morgan fingerprint density at radius 1 is 1.29 bits per heavy atom. The Labute approximate surface area is 109 Å². The van der Waals surface area contributed by atoms with Crippen LogP contribution in [0.1, 0.15) is 20.8 Å². The summed E-state index contributed by atoms with van der Waals surface area (Å²) in [6, 6.07) is 7.33. The van der Waals surface area contributed by atoms with Crippen LogP contribution in [0.15, 0.2) is 36.4 Å². The van der Waals surface area contributed by atoms with Crippen molar-refractivity contribution in [1.82, 2.24) is 5.32 Å². The zero-order valence-corrected chi connectivity index (χ0v) is 11.5. The SMILES string of the molecule is C=C(CNC(C)(C)C)COc1ccc(Cl)cc1. The van der Waals surface area contributed by atoms with Crippen LogP contribution in [0.3, 0.4) is 0 Å². The third kappa shape index (κ3) is 6.35. The van der Waals surface area contributed by atoms with Crippen LogP contribution in [0.2, 0.25) is 5.02 Å². The second-order valence-electron chi connectivity index (χ2n) is 5.10. The summed E-state index contributed by atoms with van der Waals surface area (Å²) < 4.78 is 5.59. The maximum Gasteiger partial charge on any atom is 0.119 e. The molecule has 0 aliphatic rings. The van der Waals surface area contributed by atoms with Crippen LogP contribution in [-0.4, -0.2) is 18.7 Å². The molecule has 1 N–H and O–H groups in total. The van der Waals surface area contributed by atoms with Gasteiger partial charge in [0.2, 0.25) is 0 Å². The molecule has 94 valence electrons. The molecule has 0 amide bonds. The van der Waals surface area contributed by atoms with Crippen LogP contribution in [-0.2, 0) is 0 Å². The van der Waals surface area contributed by atoms with E-state index in [4.69, 9.17) is 16.3 Å². The van der Waals surface area contributed by atoms with E-state index in [9.17, 15) is 0 Å². The highest BCUT2D eigenvalue weighted by Crippen LogP contribution is 2.15. The largest absolute Gasteiger partial charge is 0.489 e. The van der Waals surface area contributed by atoms with Crippen molar-refractivity contribution < 1.29 is 4.74 Å². The highest BCUT2D eigenvalue weighted by atomic mass is 35.5. The monoisotopic (exact) mass is 253 g/mol. The van der Waals surface area contributed by atoms with E-state index in [1.807, 2.05) is 24.3 Å². The molecule has 1 aromatic carbocycles. The van der Waals surface area contributed by atoms with Gasteiger partial charge in [-0.1, -0.05) is 18.2 Å². The topological polar surface area (TPSA) is 21.3 Å². The first kappa shape index (κ1) is 14.1. The van der Waals surface area contributed by atoms with Gasteiger partial charge in [0.25, 0.3) is 0 Å². The molecule has 1 aromatic rings. The standard InChI is InChI=1S/C14H20ClNO/c1-11(9-16-14(2,3)4)10-17-13-7-5-12(15)6-8-13/h5-8,16H,1,9-10H2,2-4H3. The van der Waals surface area contributed by atoms with Crippen molar-refractivity contribution in [3.63, 3.8) is 0 Å². The van der Waals surface area contributed by atoms with E-state index < -0.39 is 0 Å². The van der Waals surface area contributed by atoms with Gasteiger partial charge in [0.05, 0.1) is 0 Å². The lowest BCUT2D eigenvalue weighted by Crippen LogP contribution is -2.37. The molecule has 3 heteroatoms. The van der Waals surface area contributed by atoms with Crippen molar-refractivity contribution in [3.05, 3.63) is 41.4 Å². The van der Waals surface area contributed by atoms with Gasteiger partial charge in [-0.15, -0.1) is 0 Å². The van der Waals surface area contributed by atoms with Crippen molar-refractivity contribution >= 4 is 11.6 Å². The van der Waals surface area contributed by atoms with Crippen molar-refractivity contribution in [2.24, 2.45) is 0 Å². The van der Waals surface area contributed by atoms with Gasteiger partial charge in [-0.05, 0) is 50.6 Å². The Bertz CT molecular complexity index is 365. The summed E-state index contributed by atoms with van der Waals surface area (Å²) in [6.45, 7) is 11.6. The molecular weight excluding hydrogens is 234 g/mol. The van der Waals surface area contributed by atoms with Crippen molar-refractivity contribution in [2.45, 2.75) is 26.3 Å². The highest BCUT2D eigenvalue weighted by Gasteiger charge is 2.08. The number of nitrogens with one attached hydrogen (secondary N) is 1. The van der Waals surface area contributed by atoms with Crippen LogP contribution < -0.4 is 10.1 Å². The predicted molar refractivity (Wildman–Crippen MR) is 73.8 cm³/mol. The van der Waals surface area contributed by atoms with Crippen LogP contribution in [0.25, 0.3) is 0 Å². The van der Waals surface area contributed by atoms with E-state index in [0.29, 0.717) is 11.6 Å². The van der Waals surface area contributed by atoms with Gasteiger partial charge in [-0.2, -0.15) is 0 Å². The third-order valence-corrected chi connectivity index (χ3v) is 2.38. The molecule has 1 rings (SSSR count). The average molecular weight is 254 g/mol. The molecule has 0 radical (unpaired) electrons. The lowest BCUT2D eigenvalue weighted by Gasteiger charge is -2.21. The summed E-state index contributed by atoms with van der Waals surface area (Å²) >= 11 is 5.79. The summed E-state index contributed by atoms with van der Waals surface area (Å²) in [4.78, 5) is 0. The maximum atomic E-state index is 5.79. The molecule has 0 atom stereocenters. The smallest absolute Gasteiger partial charge is 0.119 e. The second-order valence-corrected chi connectivity index (χ2v) is 5.53. The van der Waals surface area contributed by atoms with E-state index >= 15 is 0 Å². The van der Waals surface area contributed by atoms with Gasteiger partial charge in [0, 0.05) is 17.1 Å². The van der Waals surface area contributed by atoms with E-state index in [-0.39, 0.29) is 5.54 Å². The van der Waals surface area contributed by atoms with Gasteiger partial charge < -0.3 is 10.1 Å². The number of halogens is 1. The molecule has 17 heavy (non-hydrogen) atoms.